The molecule has 0 aliphatic carbocycles. The van der Waals surface area contributed by atoms with Crippen LogP contribution in [-0.2, 0) is 13.6 Å². The van der Waals surface area contributed by atoms with Crippen molar-refractivity contribution < 1.29 is 0 Å². The van der Waals surface area contributed by atoms with Crippen LogP contribution in [0.3, 0.4) is 0 Å². The quantitative estimate of drug-likeness (QED) is 0.906. The maximum Gasteiger partial charge on any atom is 0.128 e. The number of nitrogens with one attached hydrogen (secondary N) is 1. The smallest absolute Gasteiger partial charge is 0.128 e. The van der Waals surface area contributed by atoms with Gasteiger partial charge >= 0.3 is 0 Å². The molecule has 0 aliphatic heterocycles. The molecular formula is C12H15ClN4. The molecule has 2 heterocycles. The Morgan fingerprint density at radius 3 is 2.71 bits per heavy atom. The van der Waals surface area contributed by atoms with Gasteiger partial charge in [0.1, 0.15) is 11.0 Å². The second-order valence-corrected chi connectivity index (χ2v) is 4.33. The maximum absolute atomic E-state index is 5.93. The molecule has 0 unspecified atom stereocenters. The molecule has 0 radical (unpaired) electrons. The number of aromatic nitrogens is 3. The van der Waals surface area contributed by atoms with Crippen molar-refractivity contribution >= 4 is 11.6 Å². The van der Waals surface area contributed by atoms with Crippen molar-refractivity contribution in [1.29, 1.82) is 0 Å². The van der Waals surface area contributed by atoms with Crippen LogP contribution in [0.25, 0.3) is 0 Å². The SMILES string of the molecule is C[C@@H](NCc1ncc(Cl)n1C)c1ccncc1. The topological polar surface area (TPSA) is 42.7 Å². The highest BCUT2D eigenvalue weighted by Crippen LogP contribution is 2.13. The van der Waals surface area contributed by atoms with Gasteiger partial charge in [0.25, 0.3) is 0 Å². The third kappa shape index (κ3) is 2.84. The highest BCUT2D eigenvalue weighted by atomic mass is 35.5. The molecule has 0 bridgehead atoms. The van der Waals surface area contributed by atoms with Gasteiger partial charge in [-0.3, -0.25) is 4.98 Å². The molecule has 0 saturated carbocycles. The van der Waals surface area contributed by atoms with Gasteiger partial charge in [0.2, 0.25) is 0 Å². The summed E-state index contributed by atoms with van der Waals surface area (Å²) in [4.78, 5) is 8.24. The first-order valence-corrected chi connectivity index (χ1v) is 5.85. The Labute approximate surface area is 106 Å². The molecule has 0 saturated heterocycles. The van der Waals surface area contributed by atoms with Gasteiger partial charge in [0.15, 0.2) is 0 Å². The van der Waals surface area contributed by atoms with Gasteiger partial charge in [-0.1, -0.05) is 11.6 Å². The summed E-state index contributed by atoms with van der Waals surface area (Å²) in [6.07, 6.45) is 5.26. The zero-order chi connectivity index (χ0) is 12.3. The minimum absolute atomic E-state index is 0.258. The Morgan fingerprint density at radius 2 is 2.12 bits per heavy atom. The monoisotopic (exact) mass is 250 g/mol. The lowest BCUT2D eigenvalue weighted by atomic mass is 10.1. The minimum atomic E-state index is 0.258. The van der Waals surface area contributed by atoms with E-state index in [-0.39, 0.29) is 6.04 Å². The number of imidazole rings is 1. The zero-order valence-electron chi connectivity index (χ0n) is 9.89. The summed E-state index contributed by atoms with van der Waals surface area (Å²) in [5.74, 6) is 0.927. The molecule has 2 rings (SSSR count). The van der Waals surface area contributed by atoms with E-state index in [2.05, 4.69) is 22.2 Å². The molecule has 90 valence electrons. The Bertz CT molecular complexity index is 481. The van der Waals surface area contributed by atoms with Gasteiger partial charge in [-0.2, -0.15) is 0 Å². The van der Waals surface area contributed by atoms with E-state index >= 15 is 0 Å². The fourth-order valence-corrected chi connectivity index (χ4v) is 1.75. The van der Waals surface area contributed by atoms with Gasteiger partial charge in [0, 0.05) is 25.5 Å². The summed E-state index contributed by atoms with van der Waals surface area (Å²) >= 11 is 5.93. The number of pyridine rings is 1. The molecule has 0 aliphatic rings. The van der Waals surface area contributed by atoms with Crippen molar-refractivity contribution in [3.05, 3.63) is 47.3 Å². The number of halogens is 1. The van der Waals surface area contributed by atoms with Crippen molar-refractivity contribution in [1.82, 2.24) is 19.9 Å². The molecule has 0 amide bonds. The Balaban J connectivity index is 1.97. The fourth-order valence-electron chi connectivity index (χ4n) is 1.60. The van der Waals surface area contributed by atoms with Crippen molar-refractivity contribution in [2.75, 3.05) is 0 Å². The lowest BCUT2D eigenvalue weighted by Crippen LogP contribution is -2.20. The lowest BCUT2D eigenvalue weighted by Gasteiger charge is -2.13. The minimum Gasteiger partial charge on any atom is -0.321 e. The normalized spacial score (nSPS) is 12.6. The van der Waals surface area contributed by atoms with Crippen LogP contribution in [0.2, 0.25) is 5.15 Å². The van der Waals surface area contributed by atoms with Crippen LogP contribution >= 0.6 is 11.6 Å². The van der Waals surface area contributed by atoms with Crippen molar-refractivity contribution in [3.63, 3.8) is 0 Å². The Hall–Kier alpha value is -1.39. The predicted octanol–water partition coefficient (Wildman–Crippen LogP) is 2.32. The molecule has 0 spiro atoms. The third-order valence-electron chi connectivity index (χ3n) is 2.80. The maximum atomic E-state index is 5.93. The summed E-state index contributed by atoms with van der Waals surface area (Å²) in [6.45, 7) is 2.80. The Kier molecular flexibility index (Phi) is 3.76. The average Bonchev–Trinajstić information content (AvgIpc) is 2.68. The van der Waals surface area contributed by atoms with Crippen molar-refractivity contribution in [2.45, 2.75) is 19.5 Å². The van der Waals surface area contributed by atoms with Gasteiger partial charge < -0.3 is 9.88 Å². The van der Waals surface area contributed by atoms with E-state index in [1.165, 1.54) is 5.56 Å². The summed E-state index contributed by atoms with van der Waals surface area (Å²) in [5, 5.41) is 4.05. The summed E-state index contributed by atoms with van der Waals surface area (Å²) < 4.78 is 1.87. The van der Waals surface area contributed by atoms with Crippen LogP contribution in [0, 0.1) is 0 Å². The van der Waals surface area contributed by atoms with E-state index in [9.17, 15) is 0 Å². The number of hydrogen-bond donors (Lipinski definition) is 1. The number of rotatable bonds is 4. The van der Waals surface area contributed by atoms with Gasteiger partial charge in [-0.15, -0.1) is 0 Å². The summed E-state index contributed by atoms with van der Waals surface area (Å²) in [5.41, 5.74) is 1.21. The second kappa shape index (κ2) is 5.29. The Morgan fingerprint density at radius 1 is 1.41 bits per heavy atom. The van der Waals surface area contributed by atoms with E-state index in [1.54, 1.807) is 18.6 Å². The highest BCUT2D eigenvalue weighted by molar-refractivity contribution is 6.29. The molecule has 0 fully saturated rings. The number of hydrogen-bond acceptors (Lipinski definition) is 3. The molecule has 1 atom stereocenters. The zero-order valence-corrected chi connectivity index (χ0v) is 10.6. The van der Waals surface area contributed by atoms with E-state index in [1.807, 2.05) is 23.7 Å². The average molecular weight is 251 g/mol. The summed E-state index contributed by atoms with van der Waals surface area (Å²) in [7, 11) is 1.91. The van der Waals surface area contributed by atoms with E-state index in [0.717, 1.165) is 5.82 Å². The third-order valence-corrected chi connectivity index (χ3v) is 3.15. The van der Waals surface area contributed by atoms with Crippen molar-refractivity contribution in [2.24, 2.45) is 7.05 Å². The van der Waals surface area contributed by atoms with Gasteiger partial charge in [-0.25, -0.2) is 4.98 Å². The predicted molar refractivity (Wildman–Crippen MR) is 67.7 cm³/mol. The van der Waals surface area contributed by atoms with E-state index in [0.29, 0.717) is 11.7 Å². The molecule has 5 heteroatoms. The standard InChI is InChI=1S/C12H15ClN4/c1-9(10-3-5-14-6-4-10)15-8-12-16-7-11(13)17(12)2/h3-7,9,15H,8H2,1-2H3/t9-/m1/s1. The molecule has 2 aromatic rings. The van der Waals surface area contributed by atoms with Gasteiger partial charge in [-0.05, 0) is 24.6 Å². The van der Waals surface area contributed by atoms with Crippen LogP contribution < -0.4 is 5.32 Å². The van der Waals surface area contributed by atoms with E-state index < -0.39 is 0 Å². The van der Waals surface area contributed by atoms with E-state index in [4.69, 9.17) is 11.6 Å². The molecule has 4 nitrogen and oxygen atoms in total. The van der Waals surface area contributed by atoms with Gasteiger partial charge in [0.05, 0.1) is 12.7 Å². The van der Waals surface area contributed by atoms with Crippen LogP contribution in [0.1, 0.15) is 24.4 Å². The van der Waals surface area contributed by atoms with Crippen LogP contribution in [-0.4, -0.2) is 14.5 Å². The van der Waals surface area contributed by atoms with Crippen molar-refractivity contribution in [3.8, 4) is 0 Å². The van der Waals surface area contributed by atoms with Crippen LogP contribution in [0.5, 0.6) is 0 Å². The summed E-state index contributed by atoms with van der Waals surface area (Å²) in [6, 6.07) is 4.26. The van der Waals surface area contributed by atoms with Crippen LogP contribution in [0.15, 0.2) is 30.7 Å². The molecule has 2 aromatic heterocycles. The molecule has 0 aromatic carbocycles. The molecular weight excluding hydrogens is 236 g/mol. The first kappa shape index (κ1) is 12.1. The fraction of sp³-hybridized carbons (Fsp3) is 0.333. The highest BCUT2D eigenvalue weighted by Gasteiger charge is 2.07. The molecule has 17 heavy (non-hydrogen) atoms. The lowest BCUT2D eigenvalue weighted by molar-refractivity contribution is 0.549. The largest absolute Gasteiger partial charge is 0.321 e. The second-order valence-electron chi connectivity index (χ2n) is 3.94. The molecule has 1 N–H and O–H groups in total. The first-order chi connectivity index (χ1) is 8.18. The number of nitrogens with zero attached hydrogens (tertiary/aromatic N) is 3. The van der Waals surface area contributed by atoms with Crippen LogP contribution in [0.4, 0.5) is 0 Å². The first-order valence-electron chi connectivity index (χ1n) is 5.48.